The van der Waals surface area contributed by atoms with Gasteiger partial charge in [-0.25, -0.2) is 4.98 Å². The topological polar surface area (TPSA) is 92.2 Å². The lowest BCUT2D eigenvalue weighted by molar-refractivity contribution is 0.0989. The number of pyridine rings is 1. The second kappa shape index (κ2) is 7.41. The molecule has 0 radical (unpaired) electrons. The summed E-state index contributed by atoms with van der Waals surface area (Å²) in [6.45, 7) is 4.26. The average molecular weight is 435 g/mol. The summed E-state index contributed by atoms with van der Waals surface area (Å²) in [6.07, 6.45) is 5.69. The summed E-state index contributed by atoms with van der Waals surface area (Å²) in [4.78, 5) is 24.9. The third-order valence-electron chi connectivity index (χ3n) is 6.12. The van der Waals surface area contributed by atoms with Crippen molar-refractivity contribution in [2.45, 2.75) is 26.3 Å². The van der Waals surface area contributed by atoms with Gasteiger partial charge in [-0.1, -0.05) is 6.07 Å². The maximum absolute atomic E-state index is 13.1. The number of Topliss-reactive ketones (excluding diaryl/α,β-unsaturated/α-hetero) is 1. The van der Waals surface area contributed by atoms with E-state index in [1.165, 1.54) is 0 Å². The van der Waals surface area contributed by atoms with Gasteiger partial charge < -0.3 is 9.55 Å². The maximum Gasteiger partial charge on any atom is 0.183 e. The molecule has 6 rings (SSSR count). The largest absolute Gasteiger partial charge is 0.352 e. The van der Waals surface area contributed by atoms with Crippen LogP contribution in [-0.2, 0) is 6.42 Å². The van der Waals surface area contributed by atoms with Crippen LogP contribution in [0.1, 0.15) is 35.9 Å². The van der Waals surface area contributed by atoms with Crippen LogP contribution in [-0.4, -0.2) is 35.5 Å². The van der Waals surface area contributed by atoms with Crippen LogP contribution in [0.3, 0.4) is 0 Å². The summed E-state index contributed by atoms with van der Waals surface area (Å²) in [5, 5.41) is 9.57. The molecule has 0 bridgehead atoms. The first-order valence-corrected chi connectivity index (χ1v) is 11.0. The lowest BCUT2D eigenvalue weighted by atomic mass is 10.1. The first kappa shape index (κ1) is 19.4. The highest BCUT2D eigenvalue weighted by Crippen LogP contribution is 2.30. The minimum Gasteiger partial charge on any atom is -0.352 e. The van der Waals surface area contributed by atoms with Gasteiger partial charge in [-0.2, -0.15) is 5.10 Å². The predicted octanol–water partition coefficient (Wildman–Crippen LogP) is 5.46. The molecule has 2 N–H and O–H groups in total. The summed E-state index contributed by atoms with van der Waals surface area (Å²) in [5.74, 6) is 0.0463. The molecule has 0 atom stereocenters. The smallest absolute Gasteiger partial charge is 0.183 e. The zero-order chi connectivity index (χ0) is 22.5. The molecule has 0 aliphatic rings. The molecular weight excluding hydrogens is 412 g/mol. The van der Waals surface area contributed by atoms with Crippen LogP contribution in [0.4, 0.5) is 0 Å². The molecule has 0 saturated carbocycles. The zero-order valence-corrected chi connectivity index (χ0v) is 18.3. The first-order valence-electron chi connectivity index (χ1n) is 11.0. The predicted molar refractivity (Wildman–Crippen MR) is 129 cm³/mol. The Kier molecular flexibility index (Phi) is 4.36. The molecule has 0 spiro atoms. The Morgan fingerprint density at radius 2 is 1.88 bits per heavy atom. The average Bonchev–Trinajstić information content (AvgIpc) is 3.53. The van der Waals surface area contributed by atoms with Gasteiger partial charge in [0, 0.05) is 46.7 Å². The minimum absolute atomic E-state index is 0.0463. The Hall–Kier alpha value is -4.26. The molecule has 0 fully saturated rings. The van der Waals surface area contributed by atoms with Crippen molar-refractivity contribution in [2.75, 3.05) is 0 Å². The van der Waals surface area contributed by atoms with Crippen LogP contribution in [0.2, 0.25) is 0 Å². The van der Waals surface area contributed by atoms with E-state index in [0.29, 0.717) is 18.2 Å². The van der Waals surface area contributed by atoms with Crippen molar-refractivity contribution in [3.8, 4) is 11.3 Å². The second-order valence-corrected chi connectivity index (χ2v) is 8.64. The SMILES string of the molecule is CC(C)n1cnc2cc(CC(=O)c3cc4cc5c(-c6ccncc6)n[nH]c5cc4[nH]3)ccc21. The van der Waals surface area contributed by atoms with E-state index >= 15 is 0 Å². The van der Waals surface area contributed by atoms with Crippen molar-refractivity contribution in [2.24, 2.45) is 0 Å². The molecule has 2 aromatic carbocycles. The number of nitrogens with zero attached hydrogens (tertiary/aromatic N) is 4. The van der Waals surface area contributed by atoms with Gasteiger partial charge in [-0.05, 0) is 61.9 Å². The molecule has 0 aliphatic carbocycles. The first-order chi connectivity index (χ1) is 16.1. The van der Waals surface area contributed by atoms with Crippen LogP contribution >= 0.6 is 0 Å². The van der Waals surface area contributed by atoms with Gasteiger partial charge in [0.1, 0.15) is 5.69 Å². The van der Waals surface area contributed by atoms with E-state index in [-0.39, 0.29) is 5.78 Å². The number of nitrogens with one attached hydrogen (secondary N) is 2. The van der Waals surface area contributed by atoms with Gasteiger partial charge in [0.05, 0.1) is 28.6 Å². The Balaban J connectivity index is 1.32. The van der Waals surface area contributed by atoms with Crippen molar-refractivity contribution in [3.63, 3.8) is 0 Å². The molecule has 0 amide bonds. The van der Waals surface area contributed by atoms with Gasteiger partial charge in [0.15, 0.2) is 5.78 Å². The Morgan fingerprint density at radius 3 is 2.70 bits per heavy atom. The number of aromatic nitrogens is 6. The highest BCUT2D eigenvalue weighted by Gasteiger charge is 2.15. The quantitative estimate of drug-likeness (QED) is 0.352. The number of carbonyl (C=O) groups is 1. The molecule has 0 saturated heterocycles. The number of hydrogen-bond donors (Lipinski definition) is 2. The van der Waals surface area contributed by atoms with Gasteiger partial charge in [0.25, 0.3) is 0 Å². The number of aromatic amines is 2. The molecule has 0 unspecified atom stereocenters. The lowest BCUT2D eigenvalue weighted by Gasteiger charge is -2.08. The standard InChI is InChI=1S/C26H22N6O/c1-15(2)32-14-28-22-9-16(3-4-24(22)32)10-25(33)23-12-18-11-19-21(13-20(18)29-23)30-31-26(19)17-5-7-27-8-6-17/h3-9,11-15,29H,10H2,1-2H3,(H,30,31). The normalized spacial score (nSPS) is 11.8. The van der Waals surface area contributed by atoms with E-state index in [4.69, 9.17) is 0 Å². The van der Waals surface area contributed by atoms with Crippen molar-refractivity contribution in [1.29, 1.82) is 0 Å². The van der Waals surface area contributed by atoms with Crippen LogP contribution in [0.25, 0.3) is 44.1 Å². The molecule has 6 aromatic rings. The number of rotatable bonds is 5. The Morgan fingerprint density at radius 1 is 1.03 bits per heavy atom. The molecule has 7 heteroatoms. The summed E-state index contributed by atoms with van der Waals surface area (Å²) >= 11 is 0. The Bertz CT molecular complexity index is 1640. The molecule has 0 aliphatic heterocycles. The number of hydrogen-bond acceptors (Lipinski definition) is 4. The summed E-state index contributed by atoms with van der Waals surface area (Å²) in [6, 6.07) is 16.3. The molecular formula is C26H22N6O. The fourth-order valence-electron chi connectivity index (χ4n) is 4.41. The lowest BCUT2D eigenvalue weighted by Crippen LogP contribution is -2.04. The fraction of sp³-hybridized carbons (Fsp3) is 0.154. The highest BCUT2D eigenvalue weighted by atomic mass is 16.1. The third-order valence-corrected chi connectivity index (χ3v) is 6.12. The highest BCUT2D eigenvalue weighted by molar-refractivity contribution is 6.06. The molecule has 4 heterocycles. The molecule has 33 heavy (non-hydrogen) atoms. The van der Waals surface area contributed by atoms with E-state index in [0.717, 1.165) is 49.7 Å². The van der Waals surface area contributed by atoms with Crippen molar-refractivity contribution >= 4 is 38.6 Å². The number of fused-ring (bicyclic) bond motifs is 3. The number of ketones is 1. The fourth-order valence-corrected chi connectivity index (χ4v) is 4.41. The van der Waals surface area contributed by atoms with Gasteiger partial charge in [-0.3, -0.25) is 14.9 Å². The number of H-pyrrole nitrogens is 2. The molecule has 7 nitrogen and oxygen atoms in total. The maximum atomic E-state index is 13.1. The third kappa shape index (κ3) is 3.29. The van der Waals surface area contributed by atoms with Crippen molar-refractivity contribution in [1.82, 2.24) is 29.7 Å². The van der Waals surface area contributed by atoms with Gasteiger partial charge in [-0.15, -0.1) is 0 Å². The molecule has 4 aromatic heterocycles. The van der Waals surface area contributed by atoms with E-state index in [9.17, 15) is 4.79 Å². The van der Waals surface area contributed by atoms with Crippen molar-refractivity contribution < 1.29 is 4.79 Å². The van der Waals surface area contributed by atoms with Crippen LogP contribution < -0.4 is 0 Å². The molecule has 162 valence electrons. The zero-order valence-electron chi connectivity index (χ0n) is 18.3. The Labute approximate surface area is 189 Å². The summed E-state index contributed by atoms with van der Waals surface area (Å²) < 4.78 is 2.13. The van der Waals surface area contributed by atoms with Crippen LogP contribution in [0, 0.1) is 0 Å². The van der Waals surface area contributed by atoms with Crippen molar-refractivity contribution in [3.05, 3.63) is 78.5 Å². The number of carbonyl (C=O) groups excluding carboxylic acids is 1. The van der Waals surface area contributed by atoms with E-state index in [1.54, 1.807) is 12.4 Å². The second-order valence-electron chi connectivity index (χ2n) is 8.64. The summed E-state index contributed by atoms with van der Waals surface area (Å²) in [5.41, 5.74) is 7.25. The number of imidazole rings is 1. The van der Waals surface area contributed by atoms with E-state index < -0.39 is 0 Å². The van der Waals surface area contributed by atoms with Gasteiger partial charge in [0.2, 0.25) is 0 Å². The van der Waals surface area contributed by atoms with Gasteiger partial charge >= 0.3 is 0 Å². The van der Waals surface area contributed by atoms with E-state index in [2.05, 4.69) is 49.6 Å². The number of benzene rings is 2. The van der Waals surface area contributed by atoms with E-state index in [1.807, 2.05) is 48.8 Å². The van der Waals surface area contributed by atoms with Crippen LogP contribution in [0.5, 0.6) is 0 Å². The summed E-state index contributed by atoms with van der Waals surface area (Å²) in [7, 11) is 0. The van der Waals surface area contributed by atoms with Crippen LogP contribution in [0.15, 0.2) is 67.3 Å². The monoisotopic (exact) mass is 434 g/mol. The minimum atomic E-state index is 0.0463.